The minimum Gasteiger partial charge on any atom is -0.271 e. The smallest absolute Gasteiger partial charge is 0.0551 e. The second-order valence-corrected chi connectivity index (χ2v) is 7.06. The summed E-state index contributed by atoms with van der Waals surface area (Å²) in [7, 11) is 0. The predicted molar refractivity (Wildman–Crippen MR) is 85.6 cm³/mol. The van der Waals surface area contributed by atoms with Crippen LogP contribution < -0.4 is 11.3 Å². The van der Waals surface area contributed by atoms with Crippen LogP contribution in [0.5, 0.6) is 0 Å². The van der Waals surface area contributed by atoms with Crippen LogP contribution >= 0.6 is 23.4 Å². The number of rotatable bonds is 5. The number of hydrazine groups is 1. The summed E-state index contributed by atoms with van der Waals surface area (Å²) in [6, 6.07) is 6.40. The predicted octanol–water partition coefficient (Wildman–Crippen LogP) is 4.22. The zero-order valence-corrected chi connectivity index (χ0v) is 13.1. The van der Waals surface area contributed by atoms with Crippen LogP contribution in [0.3, 0.4) is 0 Å². The van der Waals surface area contributed by atoms with Crippen molar-refractivity contribution < 1.29 is 0 Å². The maximum absolute atomic E-state index is 6.19. The minimum atomic E-state index is 0.185. The van der Waals surface area contributed by atoms with E-state index >= 15 is 0 Å². The first kappa shape index (κ1) is 15.2. The number of aryl methyl sites for hydroxylation is 1. The van der Waals surface area contributed by atoms with E-state index in [1.807, 2.05) is 24.8 Å². The molecule has 2 rings (SSSR count). The van der Waals surface area contributed by atoms with Gasteiger partial charge in [0.15, 0.2) is 0 Å². The van der Waals surface area contributed by atoms with Gasteiger partial charge in [0.2, 0.25) is 0 Å². The Morgan fingerprint density at radius 3 is 2.74 bits per heavy atom. The Labute approximate surface area is 125 Å². The molecule has 0 aromatic heterocycles. The highest BCUT2D eigenvalue weighted by Crippen LogP contribution is 2.31. The molecule has 0 amide bonds. The normalized spacial score (nSPS) is 18.5. The van der Waals surface area contributed by atoms with Crippen molar-refractivity contribution in [2.45, 2.75) is 50.3 Å². The molecule has 1 aliphatic carbocycles. The van der Waals surface area contributed by atoms with E-state index in [4.69, 9.17) is 17.4 Å². The van der Waals surface area contributed by atoms with Gasteiger partial charge in [0.1, 0.15) is 0 Å². The lowest BCUT2D eigenvalue weighted by Crippen LogP contribution is -2.30. The zero-order valence-electron chi connectivity index (χ0n) is 11.5. The summed E-state index contributed by atoms with van der Waals surface area (Å²) in [5.74, 6) is 6.72. The molecular formula is C15H23ClN2S. The zero-order chi connectivity index (χ0) is 13.7. The van der Waals surface area contributed by atoms with Crippen LogP contribution in [0, 0.1) is 6.92 Å². The first-order valence-electron chi connectivity index (χ1n) is 7.04. The molecule has 106 valence electrons. The monoisotopic (exact) mass is 298 g/mol. The van der Waals surface area contributed by atoms with Crippen molar-refractivity contribution in [3.05, 3.63) is 34.3 Å². The molecule has 1 atom stereocenters. The van der Waals surface area contributed by atoms with Gasteiger partial charge in [0, 0.05) is 16.0 Å². The van der Waals surface area contributed by atoms with Gasteiger partial charge in [0.05, 0.1) is 6.04 Å². The summed E-state index contributed by atoms with van der Waals surface area (Å²) in [4.78, 5) is 0. The van der Waals surface area contributed by atoms with E-state index in [2.05, 4.69) is 17.6 Å². The van der Waals surface area contributed by atoms with Crippen LogP contribution in [0.4, 0.5) is 0 Å². The molecule has 4 heteroatoms. The van der Waals surface area contributed by atoms with E-state index in [1.54, 1.807) is 0 Å². The van der Waals surface area contributed by atoms with Crippen molar-refractivity contribution in [1.82, 2.24) is 5.43 Å². The molecule has 1 aromatic rings. The lowest BCUT2D eigenvalue weighted by Gasteiger charge is -2.24. The van der Waals surface area contributed by atoms with E-state index in [9.17, 15) is 0 Å². The largest absolute Gasteiger partial charge is 0.271 e. The Kier molecular flexibility index (Phi) is 6.02. The lowest BCUT2D eigenvalue weighted by molar-refractivity contribution is 0.514. The molecule has 1 saturated carbocycles. The van der Waals surface area contributed by atoms with Gasteiger partial charge in [-0.1, -0.05) is 43.0 Å². The van der Waals surface area contributed by atoms with E-state index in [-0.39, 0.29) is 6.04 Å². The molecule has 0 spiro atoms. The Balaban J connectivity index is 1.93. The molecule has 19 heavy (non-hydrogen) atoms. The molecule has 1 aliphatic rings. The molecule has 3 N–H and O–H groups in total. The first-order valence-corrected chi connectivity index (χ1v) is 8.47. The molecule has 1 fully saturated rings. The number of halogens is 1. The number of thioether (sulfide) groups is 1. The number of nitrogens with two attached hydrogens (primary N) is 1. The second kappa shape index (κ2) is 7.53. The van der Waals surface area contributed by atoms with Crippen molar-refractivity contribution in [2.24, 2.45) is 5.84 Å². The van der Waals surface area contributed by atoms with Crippen LogP contribution in [0.15, 0.2) is 18.2 Å². The van der Waals surface area contributed by atoms with E-state index in [0.717, 1.165) is 21.6 Å². The summed E-state index contributed by atoms with van der Waals surface area (Å²) in [6.45, 7) is 2.02. The average Bonchev–Trinajstić information content (AvgIpc) is 2.44. The maximum atomic E-state index is 6.19. The number of nitrogens with one attached hydrogen (secondary N) is 1. The number of hydrogen-bond acceptors (Lipinski definition) is 3. The summed E-state index contributed by atoms with van der Waals surface area (Å²) in [6.07, 6.45) is 6.89. The van der Waals surface area contributed by atoms with Crippen molar-refractivity contribution in [3.8, 4) is 0 Å². The fourth-order valence-electron chi connectivity index (χ4n) is 2.53. The van der Waals surface area contributed by atoms with Gasteiger partial charge in [0.25, 0.3) is 0 Å². The topological polar surface area (TPSA) is 38.0 Å². The Morgan fingerprint density at radius 1 is 1.37 bits per heavy atom. The SMILES string of the molecule is Cc1ccc(C(CSC2CCCCC2)NN)cc1Cl. The summed E-state index contributed by atoms with van der Waals surface area (Å²) in [5.41, 5.74) is 5.22. The van der Waals surface area contributed by atoms with Gasteiger partial charge in [-0.15, -0.1) is 0 Å². The van der Waals surface area contributed by atoms with E-state index in [0.29, 0.717) is 0 Å². The minimum absolute atomic E-state index is 0.185. The van der Waals surface area contributed by atoms with Crippen molar-refractivity contribution in [1.29, 1.82) is 0 Å². The molecule has 1 aromatic carbocycles. The summed E-state index contributed by atoms with van der Waals surface area (Å²) >= 11 is 8.24. The van der Waals surface area contributed by atoms with Gasteiger partial charge in [-0.25, -0.2) is 0 Å². The number of hydrogen-bond donors (Lipinski definition) is 2. The third-order valence-corrected chi connectivity index (χ3v) is 5.73. The van der Waals surface area contributed by atoms with Crippen molar-refractivity contribution in [3.63, 3.8) is 0 Å². The number of benzene rings is 1. The fraction of sp³-hybridized carbons (Fsp3) is 0.600. The Morgan fingerprint density at radius 2 is 2.11 bits per heavy atom. The van der Waals surface area contributed by atoms with Crippen LogP contribution in [0.25, 0.3) is 0 Å². The molecule has 1 unspecified atom stereocenters. The molecule has 0 radical (unpaired) electrons. The van der Waals surface area contributed by atoms with Crippen LogP contribution in [-0.4, -0.2) is 11.0 Å². The second-order valence-electron chi connectivity index (χ2n) is 5.32. The van der Waals surface area contributed by atoms with Gasteiger partial charge in [-0.05, 0) is 37.0 Å². The van der Waals surface area contributed by atoms with E-state index in [1.165, 1.54) is 37.7 Å². The van der Waals surface area contributed by atoms with Crippen LogP contribution in [-0.2, 0) is 0 Å². The van der Waals surface area contributed by atoms with Gasteiger partial charge < -0.3 is 0 Å². The molecular weight excluding hydrogens is 276 g/mol. The highest BCUT2D eigenvalue weighted by molar-refractivity contribution is 7.99. The molecule has 2 nitrogen and oxygen atoms in total. The molecule has 0 bridgehead atoms. The first-order chi connectivity index (χ1) is 9.20. The molecule has 0 heterocycles. The Hall–Kier alpha value is -0.220. The highest BCUT2D eigenvalue weighted by atomic mass is 35.5. The van der Waals surface area contributed by atoms with Crippen LogP contribution in [0.2, 0.25) is 5.02 Å². The third-order valence-electron chi connectivity index (χ3n) is 3.85. The molecule has 0 aliphatic heterocycles. The highest BCUT2D eigenvalue weighted by Gasteiger charge is 2.17. The quantitative estimate of drug-likeness (QED) is 0.631. The standard InChI is InChI=1S/C15H23ClN2S/c1-11-7-8-12(9-14(11)16)15(18-17)10-19-13-5-3-2-4-6-13/h7-9,13,15,18H,2-6,10,17H2,1H3. The van der Waals surface area contributed by atoms with Gasteiger partial charge in [-0.3, -0.25) is 11.3 Å². The summed E-state index contributed by atoms with van der Waals surface area (Å²) < 4.78 is 0. The van der Waals surface area contributed by atoms with Crippen molar-refractivity contribution in [2.75, 3.05) is 5.75 Å². The fourth-order valence-corrected chi connectivity index (χ4v) is 4.14. The maximum Gasteiger partial charge on any atom is 0.0551 e. The van der Waals surface area contributed by atoms with Crippen molar-refractivity contribution >= 4 is 23.4 Å². The third kappa shape index (κ3) is 4.38. The van der Waals surface area contributed by atoms with Gasteiger partial charge in [-0.2, -0.15) is 11.8 Å². The lowest BCUT2D eigenvalue weighted by atomic mass is 10.0. The van der Waals surface area contributed by atoms with Gasteiger partial charge >= 0.3 is 0 Å². The van der Waals surface area contributed by atoms with E-state index < -0.39 is 0 Å². The molecule has 0 saturated heterocycles. The summed E-state index contributed by atoms with van der Waals surface area (Å²) in [5, 5.41) is 1.63. The van der Waals surface area contributed by atoms with Crippen LogP contribution in [0.1, 0.15) is 49.3 Å². The average molecular weight is 299 g/mol. The Bertz CT molecular complexity index is 405.